The highest BCUT2D eigenvalue weighted by Crippen LogP contribution is 2.32. The third kappa shape index (κ3) is 4.46. The lowest BCUT2D eigenvalue weighted by Gasteiger charge is -2.27. The maximum absolute atomic E-state index is 12.5. The Balaban J connectivity index is 1.50. The van der Waals surface area contributed by atoms with Gasteiger partial charge in [-0.2, -0.15) is 0 Å². The molecule has 5 heteroatoms. The highest BCUT2D eigenvalue weighted by molar-refractivity contribution is 5.76. The molecular weight excluding hydrogens is 290 g/mol. The van der Waals surface area contributed by atoms with Crippen LogP contribution in [0.3, 0.4) is 0 Å². The fraction of sp³-hybridized carbons (Fsp3) is 0.944. The SMILES string of the molecule is CN1CCCN(C[C@@H]2CN(C(=O)CC3CCC3)C[C@@H]2CO)CC1. The molecule has 2 heterocycles. The lowest BCUT2D eigenvalue weighted by molar-refractivity contribution is -0.132. The van der Waals surface area contributed by atoms with Gasteiger partial charge in [0.2, 0.25) is 5.91 Å². The molecule has 2 aliphatic heterocycles. The standard InChI is InChI=1S/C18H33N3O2/c1-19-6-3-7-20(9-8-19)11-16-12-21(13-17(16)14-22)18(23)10-15-4-2-5-15/h15-17,22H,2-14H2,1H3/t16-,17-/m1/s1. The molecule has 5 nitrogen and oxygen atoms in total. The number of carbonyl (C=O) groups is 1. The summed E-state index contributed by atoms with van der Waals surface area (Å²) < 4.78 is 0. The summed E-state index contributed by atoms with van der Waals surface area (Å²) in [4.78, 5) is 19.4. The second-order valence-electron chi connectivity index (χ2n) is 7.96. The van der Waals surface area contributed by atoms with Crippen molar-refractivity contribution < 1.29 is 9.90 Å². The molecular formula is C18H33N3O2. The largest absolute Gasteiger partial charge is 0.396 e. The number of aliphatic hydroxyl groups is 1. The van der Waals surface area contributed by atoms with E-state index in [0.29, 0.717) is 17.7 Å². The van der Waals surface area contributed by atoms with Crippen molar-refractivity contribution >= 4 is 5.91 Å². The second-order valence-corrected chi connectivity index (χ2v) is 7.96. The van der Waals surface area contributed by atoms with E-state index in [2.05, 4.69) is 16.8 Å². The van der Waals surface area contributed by atoms with Crippen molar-refractivity contribution in [3.8, 4) is 0 Å². The second kappa shape index (κ2) is 7.95. The van der Waals surface area contributed by atoms with Crippen molar-refractivity contribution in [2.75, 3.05) is 59.5 Å². The first-order chi connectivity index (χ1) is 11.2. The number of rotatable bonds is 5. The quantitative estimate of drug-likeness (QED) is 0.816. The summed E-state index contributed by atoms with van der Waals surface area (Å²) in [7, 11) is 2.19. The Labute approximate surface area is 140 Å². The molecule has 1 N–H and O–H groups in total. The molecule has 0 bridgehead atoms. The lowest BCUT2D eigenvalue weighted by Crippen LogP contribution is -2.36. The molecule has 0 radical (unpaired) electrons. The van der Waals surface area contributed by atoms with Crippen LogP contribution in [0, 0.1) is 17.8 Å². The predicted octanol–water partition coefficient (Wildman–Crippen LogP) is 0.881. The van der Waals surface area contributed by atoms with Crippen molar-refractivity contribution in [3.63, 3.8) is 0 Å². The van der Waals surface area contributed by atoms with Gasteiger partial charge in [0, 0.05) is 51.7 Å². The van der Waals surface area contributed by atoms with Gasteiger partial charge in [-0.05, 0) is 51.2 Å². The molecule has 23 heavy (non-hydrogen) atoms. The minimum Gasteiger partial charge on any atom is -0.396 e. The van der Waals surface area contributed by atoms with Crippen molar-refractivity contribution in [3.05, 3.63) is 0 Å². The summed E-state index contributed by atoms with van der Waals surface area (Å²) in [5.74, 6) is 1.66. The maximum atomic E-state index is 12.5. The molecule has 2 saturated heterocycles. The summed E-state index contributed by atoms with van der Waals surface area (Å²) in [5.41, 5.74) is 0. The maximum Gasteiger partial charge on any atom is 0.222 e. The average molecular weight is 323 g/mol. The molecule has 0 spiro atoms. The van der Waals surface area contributed by atoms with Crippen LogP contribution >= 0.6 is 0 Å². The zero-order valence-corrected chi connectivity index (χ0v) is 14.6. The van der Waals surface area contributed by atoms with E-state index in [4.69, 9.17) is 0 Å². The normalized spacial score (nSPS) is 31.1. The van der Waals surface area contributed by atoms with Crippen LogP contribution in [0.15, 0.2) is 0 Å². The van der Waals surface area contributed by atoms with Gasteiger partial charge in [-0.1, -0.05) is 6.42 Å². The summed E-state index contributed by atoms with van der Waals surface area (Å²) >= 11 is 0. The Hall–Kier alpha value is -0.650. The van der Waals surface area contributed by atoms with E-state index in [1.165, 1.54) is 32.2 Å². The summed E-state index contributed by atoms with van der Waals surface area (Å²) in [6.07, 6.45) is 5.71. The highest BCUT2D eigenvalue weighted by Gasteiger charge is 2.36. The minimum atomic E-state index is 0.214. The summed E-state index contributed by atoms with van der Waals surface area (Å²) in [6, 6.07) is 0. The Morgan fingerprint density at radius 1 is 1.04 bits per heavy atom. The van der Waals surface area contributed by atoms with Crippen LogP contribution in [-0.4, -0.2) is 85.2 Å². The van der Waals surface area contributed by atoms with E-state index in [1.54, 1.807) is 0 Å². The first-order valence-electron chi connectivity index (χ1n) is 9.45. The zero-order chi connectivity index (χ0) is 16.2. The van der Waals surface area contributed by atoms with Crippen LogP contribution in [0.25, 0.3) is 0 Å². The highest BCUT2D eigenvalue weighted by atomic mass is 16.3. The van der Waals surface area contributed by atoms with E-state index in [0.717, 1.165) is 45.7 Å². The Morgan fingerprint density at radius 3 is 2.52 bits per heavy atom. The van der Waals surface area contributed by atoms with E-state index in [-0.39, 0.29) is 12.5 Å². The van der Waals surface area contributed by atoms with E-state index >= 15 is 0 Å². The number of carbonyl (C=O) groups excluding carboxylic acids is 1. The molecule has 0 aromatic rings. The molecule has 3 fully saturated rings. The Bertz CT molecular complexity index is 400. The fourth-order valence-corrected chi connectivity index (χ4v) is 4.24. The number of likely N-dealkylation sites (N-methyl/N-ethyl adjacent to an activating group) is 1. The van der Waals surface area contributed by atoms with E-state index in [1.807, 2.05) is 4.90 Å². The van der Waals surface area contributed by atoms with Crippen LogP contribution in [0.4, 0.5) is 0 Å². The molecule has 1 amide bonds. The van der Waals surface area contributed by atoms with Crippen molar-refractivity contribution in [2.45, 2.75) is 32.1 Å². The molecule has 132 valence electrons. The minimum absolute atomic E-state index is 0.214. The zero-order valence-electron chi connectivity index (χ0n) is 14.6. The van der Waals surface area contributed by atoms with Crippen molar-refractivity contribution in [1.82, 2.24) is 14.7 Å². The van der Waals surface area contributed by atoms with Gasteiger partial charge in [-0.3, -0.25) is 4.79 Å². The van der Waals surface area contributed by atoms with E-state index in [9.17, 15) is 9.90 Å². The van der Waals surface area contributed by atoms with Crippen LogP contribution < -0.4 is 0 Å². The molecule has 1 aliphatic carbocycles. The number of nitrogens with zero attached hydrogens (tertiary/aromatic N) is 3. The Morgan fingerprint density at radius 2 is 1.83 bits per heavy atom. The number of aliphatic hydroxyl groups excluding tert-OH is 1. The number of hydrogen-bond donors (Lipinski definition) is 1. The molecule has 0 unspecified atom stereocenters. The Kier molecular flexibility index (Phi) is 5.94. The van der Waals surface area contributed by atoms with Crippen molar-refractivity contribution in [1.29, 1.82) is 0 Å². The van der Waals surface area contributed by atoms with Gasteiger partial charge < -0.3 is 19.8 Å². The summed E-state index contributed by atoms with van der Waals surface area (Å²) in [6.45, 7) is 7.43. The third-order valence-electron chi connectivity index (χ3n) is 6.16. The number of likely N-dealkylation sites (tertiary alicyclic amines) is 1. The van der Waals surface area contributed by atoms with Gasteiger partial charge in [0.1, 0.15) is 0 Å². The first-order valence-corrected chi connectivity index (χ1v) is 9.45. The van der Waals surface area contributed by atoms with Crippen LogP contribution in [0.2, 0.25) is 0 Å². The monoisotopic (exact) mass is 323 g/mol. The van der Waals surface area contributed by atoms with Gasteiger partial charge in [0.05, 0.1) is 0 Å². The molecule has 3 aliphatic rings. The average Bonchev–Trinajstić information content (AvgIpc) is 2.79. The first kappa shape index (κ1) is 17.2. The number of hydrogen-bond acceptors (Lipinski definition) is 4. The fourth-order valence-electron chi connectivity index (χ4n) is 4.24. The molecule has 3 rings (SSSR count). The molecule has 0 aromatic carbocycles. The van der Waals surface area contributed by atoms with Crippen LogP contribution in [-0.2, 0) is 4.79 Å². The molecule has 0 aromatic heterocycles. The van der Waals surface area contributed by atoms with Gasteiger partial charge in [0.25, 0.3) is 0 Å². The topological polar surface area (TPSA) is 47.0 Å². The third-order valence-corrected chi connectivity index (χ3v) is 6.16. The van der Waals surface area contributed by atoms with Gasteiger partial charge >= 0.3 is 0 Å². The molecule has 1 saturated carbocycles. The lowest BCUT2D eigenvalue weighted by atomic mass is 9.83. The van der Waals surface area contributed by atoms with Gasteiger partial charge in [-0.15, -0.1) is 0 Å². The van der Waals surface area contributed by atoms with Crippen molar-refractivity contribution in [2.24, 2.45) is 17.8 Å². The van der Waals surface area contributed by atoms with Crippen LogP contribution in [0.5, 0.6) is 0 Å². The van der Waals surface area contributed by atoms with Crippen LogP contribution in [0.1, 0.15) is 32.1 Å². The van der Waals surface area contributed by atoms with E-state index < -0.39 is 0 Å². The van der Waals surface area contributed by atoms with Gasteiger partial charge in [0.15, 0.2) is 0 Å². The predicted molar refractivity (Wildman–Crippen MR) is 91.2 cm³/mol. The number of amides is 1. The molecule has 2 atom stereocenters. The van der Waals surface area contributed by atoms with Gasteiger partial charge in [-0.25, -0.2) is 0 Å². The smallest absolute Gasteiger partial charge is 0.222 e. The summed E-state index contributed by atoms with van der Waals surface area (Å²) in [5, 5.41) is 9.74.